The van der Waals surface area contributed by atoms with Crippen LogP contribution in [0.3, 0.4) is 0 Å². The highest BCUT2D eigenvalue weighted by atomic mass is 19.1. The van der Waals surface area contributed by atoms with Gasteiger partial charge in [0.1, 0.15) is 52.0 Å². The number of anilines is 1. The number of nitrogens with zero attached hydrogens (tertiary/aromatic N) is 24. The lowest BCUT2D eigenvalue weighted by atomic mass is 9.90. The number of alkyl halides is 1. The van der Waals surface area contributed by atoms with Crippen molar-refractivity contribution in [1.29, 1.82) is 0 Å². The summed E-state index contributed by atoms with van der Waals surface area (Å²) in [5.74, 6) is 1.30. The van der Waals surface area contributed by atoms with Crippen molar-refractivity contribution in [3.05, 3.63) is 250 Å². The Morgan fingerprint density at radius 1 is 0.384 bits per heavy atom. The zero-order valence-electron chi connectivity index (χ0n) is 72.8. The van der Waals surface area contributed by atoms with Crippen molar-refractivity contribution in [1.82, 2.24) is 116 Å². The smallest absolute Gasteiger partial charge is 0.258 e. The molecular formula is C94H108FN25O5. The van der Waals surface area contributed by atoms with Gasteiger partial charge in [0.15, 0.2) is 0 Å². The largest absolute Gasteiger partial charge is 0.395 e. The molecule has 2 N–H and O–H groups in total. The molecule has 0 spiro atoms. The van der Waals surface area contributed by atoms with E-state index in [0.29, 0.717) is 98.5 Å². The van der Waals surface area contributed by atoms with Crippen molar-refractivity contribution in [2.75, 3.05) is 96.7 Å². The number of pyridine rings is 4. The molecule has 0 amide bonds. The minimum Gasteiger partial charge on any atom is -0.395 e. The first-order valence-corrected chi connectivity index (χ1v) is 44.0. The van der Waals surface area contributed by atoms with Crippen molar-refractivity contribution in [3.8, 4) is 45.6 Å². The van der Waals surface area contributed by atoms with E-state index in [0.717, 1.165) is 202 Å². The molecule has 4 saturated heterocycles. The Morgan fingerprint density at radius 3 is 1.07 bits per heavy atom. The molecule has 30 nitrogen and oxygen atoms in total. The van der Waals surface area contributed by atoms with Crippen LogP contribution in [0.15, 0.2) is 166 Å². The summed E-state index contributed by atoms with van der Waals surface area (Å²) in [5, 5.41) is 31.2. The molecule has 0 radical (unpaired) electrons. The average Bonchev–Trinajstić information content (AvgIpc) is 1.75. The van der Waals surface area contributed by atoms with Gasteiger partial charge in [-0.2, -0.15) is 20.4 Å². The van der Waals surface area contributed by atoms with E-state index >= 15 is 0 Å². The Bertz CT molecular complexity index is 6730. The van der Waals surface area contributed by atoms with Gasteiger partial charge in [-0.15, -0.1) is 0 Å². The van der Waals surface area contributed by atoms with Crippen molar-refractivity contribution >= 4 is 50.3 Å². The fourth-order valence-electron chi connectivity index (χ4n) is 18.2. The number of β-amino-alcohol motifs (C(OH)–C–C–N with tert-alkyl or cyclic N) is 1. The quantitative estimate of drug-likeness (QED) is 0.0855. The predicted molar refractivity (Wildman–Crippen MR) is 484 cm³/mol. The van der Waals surface area contributed by atoms with Gasteiger partial charge in [0.2, 0.25) is 0 Å². The fourth-order valence-corrected chi connectivity index (χ4v) is 18.2. The van der Waals surface area contributed by atoms with E-state index in [1.807, 2.05) is 152 Å². The molecule has 16 aromatic heterocycles. The summed E-state index contributed by atoms with van der Waals surface area (Å²) in [5.41, 5.74) is 22.9. The standard InChI is InChI=1S/C25H30N6O.C24H28N6O2.C23H25FN6O.C22H25N7O/c1-4-10-29-11-8-18(9-12-29)19-6-7-24-27-21(14-25(32)30(24)16-19)22-13-23-20(5-2)26-17(3)15-31(23)28-22;1-3-19-22-12-21(27-30(22)14-16(2)25-19)20-13-24(32)29-15-18(4-5-23(29)26-20)17-6-8-28(9-7-17)10-11-31;1-15-13-30-21(16(2)25-15)11-20(27-30)19-12-23(31)29-14-18(3-4-22(29)26-19)17-5-8-28(9-6-17)10-7-24;1-4-17-20-9-19(26-29(20)12-15(3)24-17)18-10-22(30)28-13-16(5-6-21(28)25-18)27-8-7-23-14(2)11-27/h6-7,13-16,18H,4-5,8-12H2,1-3H3;4-5,12-15,17,31H,3,6-11H2,1-2H3;3-4,11-14,17H,5-10H2,1-2H3;5-6,9-10,12-14,23H,4,7-8,11H2,1-3H3/t;;;14-/m...1/s1. The minimum atomic E-state index is -0.300. The summed E-state index contributed by atoms with van der Waals surface area (Å²) in [6.07, 6.45) is 25.2. The number of fused-ring (bicyclic) bond motifs is 8. The highest BCUT2D eigenvalue weighted by Crippen LogP contribution is 2.34. The topological polar surface area (TPSA) is 303 Å². The highest BCUT2D eigenvalue weighted by molar-refractivity contribution is 5.71. The van der Waals surface area contributed by atoms with Gasteiger partial charge in [-0.05, 0) is 241 Å². The zero-order chi connectivity index (χ0) is 86.8. The lowest BCUT2D eigenvalue weighted by molar-refractivity contribution is 0.164. The highest BCUT2D eigenvalue weighted by Gasteiger charge is 2.27. The van der Waals surface area contributed by atoms with Crippen molar-refractivity contribution < 1.29 is 9.50 Å². The van der Waals surface area contributed by atoms with Crippen LogP contribution in [-0.2, 0) is 19.3 Å². The number of piperazine rings is 1. The molecule has 0 aliphatic carbocycles. The Kier molecular flexibility index (Phi) is 24.9. The van der Waals surface area contributed by atoms with Gasteiger partial charge >= 0.3 is 0 Å². The molecule has 0 unspecified atom stereocenters. The molecule has 0 bridgehead atoms. The van der Waals surface area contributed by atoms with Crippen LogP contribution >= 0.6 is 0 Å². The number of aliphatic hydroxyl groups is 1. The zero-order valence-corrected chi connectivity index (χ0v) is 72.8. The van der Waals surface area contributed by atoms with E-state index < -0.39 is 0 Å². The first-order chi connectivity index (χ1) is 60.6. The molecule has 20 rings (SSSR count). The Labute approximate surface area is 721 Å². The predicted octanol–water partition coefficient (Wildman–Crippen LogP) is 11.6. The first kappa shape index (κ1) is 84.7. The summed E-state index contributed by atoms with van der Waals surface area (Å²) in [6, 6.07) is 30.5. The third-order valence-corrected chi connectivity index (χ3v) is 24.7. The van der Waals surface area contributed by atoms with Gasteiger partial charge in [-0.3, -0.25) is 56.7 Å². The molecule has 4 aliphatic heterocycles. The third kappa shape index (κ3) is 18.3. The second kappa shape index (κ2) is 36.7. The van der Waals surface area contributed by atoms with Crippen molar-refractivity contribution in [2.45, 2.75) is 157 Å². The number of nitrogens with one attached hydrogen (secondary N) is 1. The number of aromatic nitrogens is 20. The number of aryl methyl sites for hydroxylation is 8. The maximum absolute atomic E-state index is 13.0. The van der Waals surface area contributed by atoms with E-state index in [-0.39, 0.29) is 35.5 Å². The summed E-state index contributed by atoms with van der Waals surface area (Å²) in [6.45, 7) is 31.4. The number of hydrogen-bond donors (Lipinski definition) is 2. The molecule has 125 heavy (non-hydrogen) atoms. The maximum Gasteiger partial charge on any atom is 0.258 e. The van der Waals surface area contributed by atoms with Crippen molar-refractivity contribution in [2.24, 2.45) is 0 Å². The number of piperidine rings is 3. The second-order valence-corrected chi connectivity index (χ2v) is 33.6. The molecule has 4 fully saturated rings. The van der Waals surface area contributed by atoms with E-state index in [1.54, 1.807) is 40.3 Å². The summed E-state index contributed by atoms with van der Waals surface area (Å²) < 4.78 is 26.4. The number of rotatable bonds is 17. The van der Waals surface area contributed by atoms with E-state index in [2.05, 4.69) is 118 Å². The lowest BCUT2D eigenvalue weighted by Crippen LogP contribution is -2.49. The van der Waals surface area contributed by atoms with Crippen LogP contribution < -0.4 is 32.5 Å². The average molecular weight is 1690 g/mol. The van der Waals surface area contributed by atoms with Crippen LogP contribution in [0.1, 0.15) is 160 Å². The normalized spacial score (nSPS) is 16.1. The Hall–Kier alpha value is -12.6. The summed E-state index contributed by atoms with van der Waals surface area (Å²) in [4.78, 5) is 98.3. The van der Waals surface area contributed by atoms with Gasteiger partial charge in [0.05, 0.1) is 127 Å². The molecule has 31 heteroatoms. The summed E-state index contributed by atoms with van der Waals surface area (Å²) in [7, 11) is 0. The van der Waals surface area contributed by atoms with Gasteiger partial charge in [-0.25, -0.2) is 42.4 Å². The van der Waals surface area contributed by atoms with Crippen LogP contribution in [0.2, 0.25) is 0 Å². The monoisotopic (exact) mass is 1690 g/mol. The molecule has 646 valence electrons. The van der Waals surface area contributed by atoms with Crippen LogP contribution in [0.4, 0.5) is 10.1 Å². The third-order valence-electron chi connectivity index (χ3n) is 24.7. The fraction of sp³-hybridized carbons (Fsp3) is 0.404. The van der Waals surface area contributed by atoms with E-state index in [9.17, 15) is 23.6 Å². The van der Waals surface area contributed by atoms with Crippen molar-refractivity contribution in [3.63, 3.8) is 0 Å². The van der Waals surface area contributed by atoms with Crippen LogP contribution in [-0.4, -0.2) is 214 Å². The van der Waals surface area contributed by atoms with Gasteiger partial charge < -0.3 is 30.0 Å². The minimum absolute atomic E-state index is 0.0719. The van der Waals surface area contributed by atoms with Crippen LogP contribution in [0.25, 0.3) is 90.2 Å². The molecule has 1 atom stereocenters. The molecule has 0 saturated carbocycles. The molecular weight excluding hydrogens is 1580 g/mol. The van der Waals surface area contributed by atoms with Gasteiger partial charge in [-0.1, -0.05) is 45.9 Å². The lowest BCUT2D eigenvalue weighted by Gasteiger charge is -2.33. The van der Waals surface area contributed by atoms with Gasteiger partial charge in [0, 0.05) is 87.8 Å². The Morgan fingerprint density at radius 2 is 0.720 bits per heavy atom. The second-order valence-electron chi connectivity index (χ2n) is 33.6. The molecule has 0 aromatic carbocycles. The SMILES string of the molecule is CCCN1CCC(c2ccc3nc(-c4cc5c(CC)nc(C)cn5n4)cc(=O)n3c2)CC1.CCc1nc(C)cn2nc(-c3cc(=O)n4cc(C5CCN(CCO)CC5)ccc4n3)cc12.CCc1nc(C)cn2nc(-c3cc(=O)n4cc(N5CCN[C@H](C)C5)ccc4n3)cc12.Cc1cn2nc(-c3cc(=O)n4cc(C5CCN(CCF)CC5)ccc4n3)cc2c(C)n1. The number of hydrogen-bond acceptors (Lipinski definition) is 22. The van der Waals surface area contributed by atoms with Gasteiger partial charge in [0.25, 0.3) is 22.2 Å². The molecule has 4 aliphatic rings. The van der Waals surface area contributed by atoms with Crippen LogP contribution in [0, 0.1) is 34.6 Å². The first-order valence-electron chi connectivity index (χ1n) is 44.0. The van der Waals surface area contributed by atoms with E-state index in [1.165, 1.54) is 30.2 Å². The van der Waals surface area contributed by atoms with E-state index in [4.69, 9.17) is 25.0 Å². The maximum atomic E-state index is 13.0. The Balaban J connectivity index is 0.000000118. The number of halogens is 1. The summed E-state index contributed by atoms with van der Waals surface area (Å²) >= 11 is 0. The van der Waals surface area contributed by atoms with Crippen LogP contribution in [0.5, 0.6) is 0 Å². The molecule has 20 heterocycles. The number of aliphatic hydroxyl groups excluding tert-OH is 1. The number of likely N-dealkylation sites (tertiary alicyclic amines) is 3. The molecule has 16 aromatic rings.